The molecule has 1 aliphatic rings. The predicted octanol–water partition coefficient (Wildman–Crippen LogP) is 0.259. The summed E-state index contributed by atoms with van der Waals surface area (Å²) in [5, 5.41) is 2.69. The van der Waals surface area contributed by atoms with Gasteiger partial charge in [0.05, 0.1) is 24.6 Å². The van der Waals surface area contributed by atoms with E-state index in [1.54, 1.807) is 6.92 Å². The normalized spacial score (nSPS) is 20.8. The quantitative estimate of drug-likeness (QED) is 0.717. The summed E-state index contributed by atoms with van der Waals surface area (Å²) in [6.45, 7) is 3.43. The van der Waals surface area contributed by atoms with Gasteiger partial charge in [-0.3, -0.25) is 4.79 Å². The number of amides is 1. The van der Waals surface area contributed by atoms with Crippen molar-refractivity contribution in [1.29, 1.82) is 0 Å². The van der Waals surface area contributed by atoms with Crippen LogP contribution in [0.5, 0.6) is 0 Å². The predicted molar refractivity (Wildman–Crippen MR) is 47.1 cm³/mol. The van der Waals surface area contributed by atoms with Gasteiger partial charge >= 0.3 is 0 Å². The lowest BCUT2D eigenvalue weighted by Gasteiger charge is -2.10. The van der Waals surface area contributed by atoms with Gasteiger partial charge in [0.1, 0.15) is 0 Å². The zero-order valence-corrected chi connectivity index (χ0v) is 8.46. The fourth-order valence-electron chi connectivity index (χ4n) is 0.850. The molecule has 0 aromatic rings. The molecule has 0 aromatic carbocycles. The highest BCUT2D eigenvalue weighted by atomic mass is 79.9. The maximum Gasteiger partial charge on any atom is 0.233 e. The van der Waals surface area contributed by atoms with Crippen LogP contribution >= 0.6 is 15.9 Å². The Bertz CT molecular complexity index is 157. The monoisotopic (exact) mass is 237 g/mol. The molecule has 0 aliphatic carbocycles. The van der Waals surface area contributed by atoms with Crippen LogP contribution in [-0.4, -0.2) is 36.8 Å². The molecule has 70 valence electrons. The molecule has 0 aromatic heterocycles. The van der Waals surface area contributed by atoms with Crippen LogP contribution in [0.4, 0.5) is 0 Å². The maximum absolute atomic E-state index is 11.0. The average Bonchev–Trinajstić information content (AvgIpc) is 2.51. The fraction of sp³-hybridized carbons (Fsp3) is 0.857. The van der Waals surface area contributed by atoms with Gasteiger partial charge in [0.15, 0.2) is 6.29 Å². The second-order valence-corrected chi connectivity index (χ2v) is 3.91. The van der Waals surface area contributed by atoms with Crippen molar-refractivity contribution in [2.75, 3.05) is 19.8 Å². The van der Waals surface area contributed by atoms with E-state index in [1.165, 1.54) is 0 Å². The zero-order valence-electron chi connectivity index (χ0n) is 6.88. The summed E-state index contributed by atoms with van der Waals surface area (Å²) in [4.78, 5) is 10.9. The van der Waals surface area contributed by atoms with Crippen LogP contribution in [0.15, 0.2) is 0 Å². The van der Waals surface area contributed by atoms with Crippen molar-refractivity contribution in [3.8, 4) is 0 Å². The van der Waals surface area contributed by atoms with Crippen molar-refractivity contribution >= 4 is 21.8 Å². The highest BCUT2D eigenvalue weighted by Gasteiger charge is 2.17. The topological polar surface area (TPSA) is 47.6 Å². The first-order valence-corrected chi connectivity index (χ1v) is 4.76. The summed E-state index contributed by atoms with van der Waals surface area (Å²) in [7, 11) is 0. The molecule has 0 bridgehead atoms. The second-order valence-electron chi connectivity index (χ2n) is 2.53. The van der Waals surface area contributed by atoms with Gasteiger partial charge in [-0.05, 0) is 6.92 Å². The van der Waals surface area contributed by atoms with Crippen molar-refractivity contribution in [3.05, 3.63) is 0 Å². The third-order valence-electron chi connectivity index (χ3n) is 1.50. The first-order valence-electron chi connectivity index (χ1n) is 3.85. The van der Waals surface area contributed by atoms with Crippen LogP contribution < -0.4 is 5.32 Å². The standard InChI is InChI=1S/C7H12BrNO3/c1-5(8)7(10)9-4-6-11-2-3-12-6/h5-6H,2-4H2,1H3,(H,9,10). The van der Waals surface area contributed by atoms with Crippen molar-refractivity contribution in [2.45, 2.75) is 18.0 Å². The molecule has 1 saturated heterocycles. The molecule has 1 aliphatic heterocycles. The van der Waals surface area contributed by atoms with Crippen molar-refractivity contribution in [2.24, 2.45) is 0 Å². The Balaban J connectivity index is 2.12. The fourth-order valence-corrected chi connectivity index (χ4v) is 1.01. The number of hydrogen-bond acceptors (Lipinski definition) is 3. The van der Waals surface area contributed by atoms with Gasteiger partial charge in [0.25, 0.3) is 0 Å². The van der Waals surface area contributed by atoms with E-state index in [9.17, 15) is 4.79 Å². The van der Waals surface area contributed by atoms with Gasteiger partial charge in [-0.1, -0.05) is 15.9 Å². The summed E-state index contributed by atoms with van der Waals surface area (Å²) >= 11 is 3.16. The van der Waals surface area contributed by atoms with Crippen molar-refractivity contribution in [1.82, 2.24) is 5.32 Å². The Hall–Kier alpha value is -0.130. The number of nitrogens with one attached hydrogen (secondary N) is 1. The van der Waals surface area contributed by atoms with Gasteiger partial charge in [-0.15, -0.1) is 0 Å². The van der Waals surface area contributed by atoms with Crippen molar-refractivity contribution < 1.29 is 14.3 Å². The summed E-state index contributed by atoms with van der Waals surface area (Å²) in [5.74, 6) is -0.0471. The van der Waals surface area contributed by atoms with Gasteiger partial charge in [0, 0.05) is 0 Å². The molecule has 1 N–H and O–H groups in total. The molecule has 0 saturated carbocycles. The Morgan fingerprint density at radius 1 is 1.67 bits per heavy atom. The lowest BCUT2D eigenvalue weighted by atomic mass is 10.4. The van der Waals surface area contributed by atoms with Crippen LogP contribution in [0.3, 0.4) is 0 Å². The van der Waals surface area contributed by atoms with E-state index in [0.717, 1.165) is 0 Å². The van der Waals surface area contributed by atoms with Gasteiger partial charge in [0.2, 0.25) is 5.91 Å². The minimum atomic E-state index is -0.264. The Labute approximate surface area is 79.7 Å². The highest BCUT2D eigenvalue weighted by Crippen LogP contribution is 2.02. The van der Waals surface area contributed by atoms with E-state index in [4.69, 9.17) is 9.47 Å². The Kier molecular flexibility index (Phi) is 3.97. The number of hydrogen-bond donors (Lipinski definition) is 1. The minimum Gasteiger partial charge on any atom is -0.350 e. The number of halogens is 1. The smallest absolute Gasteiger partial charge is 0.233 e. The Morgan fingerprint density at radius 3 is 2.75 bits per heavy atom. The molecular formula is C7H12BrNO3. The summed E-state index contributed by atoms with van der Waals surface area (Å²) < 4.78 is 10.3. The molecule has 4 nitrogen and oxygen atoms in total. The number of rotatable bonds is 3. The van der Waals surface area contributed by atoms with Crippen LogP contribution in [0, 0.1) is 0 Å². The highest BCUT2D eigenvalue weighted by molar-refractivity contribution is 9.10. The molecule has 1 atom stereocenters. The zero-order chi connectivity index (χ0) is 8.97. The van der Waals surface area contributed by atoms with Gasteiger partial charge in [-0.25, -0.2) is 0 Å². The molecule has 1 unspecified atom stereocenters. The van der Waals surface area contributed by atoms with E-state index < -0.39 is 0 Å². The maximum atomic E-state index is 11.0. The van der Waals surface area contributed by atoms with E-state index in [2.05, 4.69) is 21.2 Å². The first kappa shape index (κ1) is 9.95. The lowest BCUT2D eigenvalue weighted by molar-refractivity contribution is -0.122. The number of ether oxygens (including phenoxy) is 2. The molecule has 5 heteroatoms. The van der Waals surface area contributed by atoms with E-state index in [0.29, 0.717) is 19.8 Å². The molecular weight excluding hydrogens is 226 g/mol. The average molecular weight is 238 g/mol. The van der Waals surface area contributed by atoms with E-state index in [1.807, 2.05) is 0 Å². The lowest BCUT2D eigenvalue weighted by Crippen LogP contribution is -2.36. The number of alkyl halides is 1. The summed E-state index contributed by atoms with van der Waals surface area (Å²) in [6, 6.07) is 0. The number of carbonyl (C=O) groups is 1. The third kappa shape index (κ3) is 3.08. The minimum absolute atomic E-state index is 0.0471. The van der Waals surface area contributed by atoms with Crippen LogP contribution in [0.1, 0.15) is 6.92 Å². The van der Waals surface area contributed by atoms with Gasteiger partial charge in [-0.2, -0.15) is 0 Å². The van der Waals surface area contributed by atoms with Crippen molar-refractivity contribution in [3.63, 3.8) is 0 Å². The molecule has 0 spiro atoms. The largest absolute Gasteiger partial charge is 0.350 e. The SMILES string of the molecule is CC(Br)C(=O)NCC1OCCO1. The van der Waals surface area contributed by atoms with Crippen LogP contribution in [0.2, 0.25) is 0 Å². The number of carbonyl (C=O) groups excluding carboxylic acids is 1. The second kappa shape index (κ2) is 4.79. The Morgan fingerprint density at radius 2 is 2.25 bits per heavy atom. The summed E-state index contributed by atoms with van der Waals surface area (Å²) in [6.07, 6.45) is -0.264. The molecule has 1 rings (SSSR count). The molecule has 0 radical (unpaired) electrons. The van der Waals surface area contributed by atoms with Gasteiger partial charge < -0.3 is 14.8 Å². The first-order chi connectivity index (χ1) is 5.70. The molecule has 1 fully saturated rings. The molecule has 1 amide bonds. The van der Waals surface area contributed by atoms with Crippen LogP contribution in [0.25, 0.3) is 0 Å². The molecule has 1 heterocycles. The third-order valence-corrected chi connectivity index (χ3v) is 1.91. The summed E-state index contributed by atoms with van der Waals surface area (Å²) in [5.41, 5.74) is 0. The van der Waals surface area contributed by atoms with Crippen LogP contribution in [-0.2, 0) is 14.3 Å². The van der Waals surface area contributed by atoms with E-state index in [-0.39, 0.29) is 17.0 Å². The molecule has 12 heavy (non-hydrogen) atoms. The van der Waals surface area contributed by atoms with E-state index >= 15 is 0 Å².